The molecule has 3 aliphatic rings. The number of anilines is 1. The molecule has 0 bridgehead atoms. The topological polar surface area (TPSA) is 102 Å². The van der Waals surface area contributed by atoms with Crippen molar-refractivity contribution in [2.24, 2.45) is 5.41 Å². The number of hydrogen-bond donors (Lipinski definition) is 0. The third-order valence-corrected chi connectivity index (χ3v) is 12.7. The number of piperidine rings is 1. The first kappa shape index (κ1) is 35.6. The van der Waals surface area contributed by atoms with E-state index in [1.807, 2.05) is 6.07 Å². The molecule has 2 aromatic heterocycles. The summed E-state index contributed by atoms with van der Waals surface area (Å²) in [5.74, 6) is 0.721. The highest BCUT2D eigenvalue weighted by Crippen LogP contribution is 2.43. The van der Waals surface area contributed by atoms with E-state index in [-0.39, 0.29) is 17.0 Å². The Kier molecular flexibility index (Phi) is 9.54. The molecule has 7 rings (SSSR count). The summed E-state index contributed by atoms with van der Waals surface area (Å²) in [6.07, 6.45) is 0.584. The van der Waals surface area contributed by atoms with Gasteiger partial charge in [-0.05, 0) is 87.2 Å². The number of nitrogens with zero attached hydrogens (tertiary/aromatic N) is 8. The minimum absolute atomic E-state index is 0.149. The van der Waals surface area contributed by atoms with Gasteiger partial charge in [-0.25, -0.2) is 18.4 Å². The zero-order valence-corrected chi connectivity index (χ0v) is 30.3. The average molecular weight is 723 g/mol. The van der Waals surface area contributed by atoms with E-state index in [1.54, 1.807) is 12.1 Å². The van der Waals surface area contributed by atoms with Crippen LogP contribution in [0, 0.1) is 23.7 Å². The molecule has 1 unspecified atom stereocenters. The monoisotopic (exact) mass is 722 g/mol. The number of likely N-dealkylation sites (tertiary alicyclic amines) is 1. The Morgan fingerprint density at radius 3 is 2.37 bits per heavy atom. The largest absolute Gasteiger partial charge is 0.393 e. The molecule has 5 heterocycles. The van der Waals surface area contributed by atoms with Gasteiger partial charge in [-0.2, -0.15) is 22.7 Å². The van der Waals surface area contributed by atoms with Gasteiger partial charge in [-0.1, -0.05) is 12.1 Å². The Bertz CT molecular complexity index is 2070. The van der Waals surface area contributed by atoms with Crippen LogP contribution in [0.5, 0.6) is 0 Å². The van der Waals surface area contributed by atoms with Gasteiger partial charge in [0.1, 0.15) is 23.9 Å². The van der Waals surface area contributed by atoms with Crippen LogP contribution in [0.1, 0.15) is 42.1 Å². The van der Waals surface area contributed by atoms with Gasteiger partial charge in [0.05, 0.1) is 18.2 Å². The highest BCUT2D eigenvalue weighted by molar-refractivity contribution is 7.88. The highest BCUT2D eigenvalue weighted by Gasteiger charge is 2.45. The molecule has 0 N–H and O–H groups in total. The maximum absolute atomic E-state index is 13.1. The molecule has 51 heavy (non-hydrogen) atoms. The fourth-order valence-electron chi connectivity index (χ4n) is 8.38. The lowest BCUT2D eigenvalue weighted by Crippen LogP contribution is -2.60. The predicted molar refractivity (Wildman–Crippen MR) is 192 cm³/mol. The van der Waals surface area contributed by atoms with Crippen LogP contribution in [0.3, 0.4) is 0 Å². The maximum atomic E-state index is 13.1. The second-order valence-electron chi connectivity index (χ2n) is 14.9. The van der Waals surface area contributed by atoms with E-state index in [0.717, 1.165) is 68.7 Å². The van der Waals surface area contributed by atoms with Gasteiger partial charge in [-0.15, -0.1) is 0 Å². The molecule has 3 aliphatic heterocycles. The Morgan fingerprint density at radius 1 is 0.980 bits per heavy atom. The quantitative estimate of drug-likeness (QED) is 0.239. The van der Waals surface area contributed by atoms with Crippen molar-refractivity contribution >= 4 is 37.6 Å². The molecule has 3 saturated heterocycles. The van der Waals surface area contributed by atoms with Gasteiger partial charge in [0.2, 0.25) is 10.0 Å². The number of fused-ring (bicyclic) bond motifs is 2. The number of sulfonamides is 1. The Hall–Kier alpha value is -3.77. The molecule has 10 nitrogen and oxygen atoms in total. The van der Waals surface area contributed by atoms with Crippen LogP contribution in [0.2, 0.25) is 0 Å². The SMILES string of the molecule is Cc1c(CCN2CCC3(CC2)CN(c2ncnc4ccc(CC(F)(F)F)cc24)C3)ccc2c1cc(C#N)n2CC(C)N1CCN(S(C)(=O)=O)CC1. The fourth-order valence-corrected chi connectivity index (χ4v) is 9.21. The summed E-state index contributed by atoms with van der Waals surface area (Å²) >= 11 is 0. The predicted octanol–water partition coefficient (Wildman–Crippen LogP) is 4.98. The molecule has 1 atom stereocenters. The number of aryl methyl sites for hydroxylation is 1. The van der Waals surface area contributed by atoms with Crippen LogP contribution in [-0.2, 0) is 29.4 Å². The maximum Gasteiger partial charge on any atom is 0.393 e. The van der Waals surface area contributed by atoms with Crippen LogP contribution in [0.25, 0.3) is 21.8 Å². The van der Waals surface area contributed by atoms with Crippen LogP contribution < -0.4 is 4.90 Å². The Morgan fingerprint density at radius 2 is 1.71 bits per heavy atom. The lowest BCUT2D eigenvalue weighted by molar-refractivity contribution is -0.127. The third-order valence-electron chi connectivity index (χ3n) is 11.4. The number of halogens is 3. The van der Waals surface area contributed by atoms with Crippen LogP contribution in [-0.4, -0.2) is 114 Å². The molecule has 0 saturated carbocycles. The van der Waals surface area contributed by atoms with Crippen molar-refractivity contribution in [2.45, 2.75) is 58.3 Å². The number of hydrogen-bond acceptors (Lipinski definition) is 8. The van der Waals surface area contributed by atoms with E-state index in [1.165, 1.54) is 34.1 Å². The summed E-state index contributed by atoms with van der Waals surface area (Å²) in [5, 5.41) is 11.8. The summed E-state index contributed by atoms with van der Waals surface area (Å²) in [5.41, 5.74) is 5.26. The lowest BCUT2D eigenvalue weighted by atomic mass is 9.72. The molecule has 272 valence electrons. The van der Waals surface area contributed by atoms with Crippen molar-refractivity contribution in [3.63, 3.8) is 0 Å². The van der Waals surface area contributed by atoms with Crippen molar-refractivity contribution in [3.8, 4) is 6.07 Å². The normalized spacial score (nSPS) is 19.8. The van der Waals surface area contributed by atoms with Crippen molar-refractivity contribution in [3.05, 3.63) is 65.1 Å². The number of benzene rings is 2. The zero-order chi connectivity index (χ0) is 36.1. The number of aromatic nitrogens is 3. The van der Waals surface area contributed by atoms with Crippen LogP contribution >= 0.6 is 0 Å². The highest BCUT2D eigenvalue weighted by atomic mass is 32.2. The molecule has 0 amide bonds. The molecule has 14 heteroatoms. The van der Waals surface area contributed by atoms with Gasteiger partial charge in [0.25, 0.3) is 0 Å². The van der Waals surface area contributed by atoms with Gasteiger partial charge in [0, 0.05) is 80.1 Å². The summed E-state index contributed by atoms with van der Waals surface area (Å²) in [6.45, 7) is 11.9. The molecule has 4 aromatic rings. The van der Waals surface area contributed by atoms with Crippen molar-refractivity contribution in [2.75, 3.05) is 70.1 Å². The summed E-state index contributed by atoms with van der Waals surface area (Å²) in [7, 11) is -3.19. The van der Waals surface area contributed by atoms with Crippen LogP contribution in [0.4, 0.5) is 19.0 Å². The second kappa shape index (κ2) is 13.7. The standard InChI is InChI=1S/C37H45F3N8O2S/c1-26(45-14-16-47(17-15-45)51(3,49)50)22-48-30(21-41)19-31-27(2)29(5-7-34(31)48)8-11-44-12-9-36(10-13-44)23-46(24-36)35-32-18-28(20-37(38,39)40)4-6-33(32)42-25-43-35/h4-7,18-19,25-26H,8-17,20,22-24H2,1-3H3. The van der Waals surface area contributed by atoms with Crippen molar-refractivity contribution < 1.29 is 21.6 Å². The number of nitriles is 1. The fraction of sp³-hybridized carbons (Fsp3) is 0.541. The summed E-state index contributed by atoms with van der Waals surface area (Å²) < 4.78 is 66.7. The molecular weight excluding hydrogens is 678 g/mol. The third kappa shape index (κ3) is 7.44. The van der Waals surface area contributed by atoms with E-state index in [0.29, 0.717) is 49.3 Å². The van der Waals surface area contributed by atoms with E-state index < -0.39 is 22.6 Å². The molecule has 2 aromatic carbocycles. The first-order valence-corrected chi connectivity index (χ1v) is 19.6. The number of alkyl halides is 3. The first-order valence-electron chi connectivity index (χ1n) is 17.7. The number of piperazine rings is 1. The lowest BCUT2D eigenvalue weighted by Gasteiger charge is -2.54. The van der Waals surface area contributed by atoms with E-state index in [2.05, 4.69) is 61.3 Å². The Labute approximate surface area is 297 Å². The van der Waals surface area contributed by atoms with Crippen LogP contribution in [0.15, 0.2) is 42.7 Å². The Balaban J connectivity index is 0.947. The second-order valence-corrected chi connectivity index (χ2v) is 16.9. The average Bonchev–Trinajstić information content (AvgIpc) is 3.44. The molecule has 0 radical (unpaired) electrons. The molecule has 1 spiro atoms. The van der Waals surface area contributed by atoms with E-state index >= 15 is 0 Å². The molecular formula is C37H45F3N8O2S. The molecule has 0 aliphatic carbocycles. The zero-order valence-electron chi connectivity index (χ0n) is 29.5. The van der Waals surface area contributed by atoms with Gasteiger partial charge in [0.15, 0.2) is 0 Å². The van der Waals surface area contributed by atoms with Gasteiger partial charge >= 0.3 is 6.18 Å². The van der Waals surface area contributed by atoms with Crippen molar-refractivity contribution in [1.82, 2.24) is 28.6 Å². The van der Waals surface area contributed by atoms with Gasteiger partial charge < -0.3 is 14.4 Å². The smallest absolute Gasteiger partial charge is 0.355 e. The molecule has 3 fully saturated rings. The first-order chi connectivity index (χ1) is 24.2. The summed E-state index contributed by atoms with van der Waals surface area (Å²) in [4.78, 5) is 15.8. The minimum Gasteiger partial charge on any atom is -0.355 e. The number of rotatable bonds is 9. The van der Waals surface area contributed by atoms with E-state index in [4.69, 9.17) is 0 Å². The van der Waals surface area contributed by atoms with E-state index in [9.17, 15) is 26.9 Å². The minimum atomic E-state index is -4.27. The summed E-state index contributed by atoms with van der Waals surface area (Å²) in [6, 6.07) is 13.6. The van der Waals surface area contributed by atoms with Crippen molar-refractivity contribution in [1.29, 1.82) is 5.26 Å². The van der Waals surface area contributed by atoms with Gasteiger partial charge in [-0.3, -0.25) is 4.90 Å².